The number of benzene rings is 2. The number of hydrogen-bond donors (Lipinski definition) is 2. The number of carbonyl (C=O) groups excluding carboxylic acids is 2. The molecule has 5 aliphatic rings. The highest BCUT2D eigenvalue weighted by molar-refractivity contribution is 6.00. The standard InChI is InChI=1S/C42H52N10O4/c53-40-6-5-38(42(54)44-40)51-27-32-1-2-34(23-33(32)28-51)49-17-11-30(12-18-49)26-48-15-9-29(10-16-48)8-14-47-19-21-50(22-20-47)39-24-31(7-13-43-39)41-36-25-35(52(55)56)3-4-37(36)45-46-41/h1-4,7,13,23-25,29-30,38H,5-6,8-12,14-22,26-28H2,(H,45,46)(H,44,53,54). The first kappa shape index (κ1) is 36.7. The van der Waals surface area contributed by atoms with Crippen LogP contribution in [0.25, 0.3) is 22.2 Å². The van der Waals surface area contributed by atoms with Gasteiger partial charge in [0, 0.05) is 100 Å². The molecule has 5 aliphatic heterocycles. The summed E-state index contributed by atoms with van der Waals surface area (Å²) >= 11 is 0. The Morgan fingerprint density at radius 3 is 2.36 bits per heavy atom. The zero-order valence-corrected chi connectivity index (χ0v) is 32.1. The number of piperidine rings is 3. The predicted octanol–water partition coefficient (Wildman–Crippen LogP) is 4.79. The summed E-state index contributed by atoms with van der Waals surface area (Å²) in [6, 6.07) is 15.4. The highest BCUT2D eigenvalue weighted by Crippen LogP contribution is 2.34. The van der Waals surface area contributed by atoms with Gasteiger partial charge < -0.3 is 14.7 Å². The summed E-state index contributed by atoms with van der Waals surface area (Å²) in [5, 5.41) is 22.1. The van der Waals surface area contributed by atoms with Crippen LogP contribution in [0.1, 0.15) is 56.1 Å². The maximum absolute atomic E-state index is 12.5. The smallest absolute Gasteiger partial charge is 0.270 e. The van der Waals surface area contributed by atoms with Crippen LogP contribution in [0.15, 0.2) is 54.7 Å². The van der Waals surface area contributed by atoms with Gasteiger partial charge in [-0.05, 0) is 111 Å². The molecule has 1 unspecified atom stereocenters. The molecule has 4 aromatic rings. The van der Waals surface area contributed by atoms with Crippen LogP contribution in [0.4, 0.5) is 17.2 Å². The van der Waals surface area contributed by atoms with Crippen LogP contribution in [0.3, 0.4) is 0 Å². The number of hydrogen-bond acceptors (Lipinski definition) is 11. The van der Waals surface area contributed by atoms with E-state index in [0.717, 1.165) is 93.0 Å². The fraction of sp³-hybridized carbons (Fsp3) is 0.524. The number of nitrogens with one attached hydrogen (secondary N) is 2. The molecule has 14 heteroatoms. The van der Waals surface area contributed by atoms with Crippen molar-refractivity contribution in [3.05, 3.63) is 76.0 Å². The number of likely N-dealkylation sites (tertiary alicyclic amines) is 1. The number of aromatic nitrogens is 3. The third-order valence-electron chi connectivity index (χ3n) is 13.1. The van der Waals surface area contributed by atoms with Crippen molar-refractivity contribution < 1.29 is 14.5 Å². The molecule has 56 heavy (non-hydrogen) atoms. The van der Waals surface area contributed by atoms with Gasteiger partial charge in [0.25, 0.3) is 5.69 Å². The van der Waals surface area contributed by atoms with E-state index in [1.54, 1.807) is 18.3 Å². The van der Waals surface area contributed by atoms with Gasteiger partial charge in [-0.15, -0.1) is 0 Å². The third-order valence-corrected chi connectivity index (χ3v) is 13.1. The minimum Gasteiger partial charge on any atom is -0.372 e. The van der Waals surface area contributed by atoms with Crippen molar-refractivity contribution in [2.24, 2.45) is 11.8 Å². The van der Waals surface area contributed by atoms with Crippen LogP contribution in [0.2, 0.25) is 0 Å². The number of piperazine rings is 1. The van der Waals surface area contributed by atoms with E-state index in [1.165, 1.54) is 74.6 Å². The largest absolute Gasteiger partial charge is 0.372 e. The number of nitrogens with zero attached hydrogens (tertiary/aromatic N) is 8. The average Bonchev–Trinajstić information content (AvgIpc) is 3.85. The van der Waals surface area contributed by atoms with Gasteiger partial charge in [-0.2, -0.15) is 5.10 Å². The van der Waals surface area contributed by atoms with Gasteiger partial charge in [-0.3, -0.25) is 39.9 Å². The van der Waals surface area contributed by atoms with Crippen molar-refractivity contribution in [2.75, 3.05) is 75.2 Å². The number of aromatic amines is 1. The lowest BCUT2D eigenvalue weighted by molar-refractivity contribution is -0.384. The lowest BCUT2D eigenvalue weighted by Gasteiger charge is -2.39. The molecule has 2 amide bonds. The molecule has 14 nitrogen and oxygen atoms in total. The molecule has 0 bridgehead atoms. The molecular formula is C42H52N10O4. The van der Waals surface area contributed by atoms with Crippen molar-refractivity contribution in [3.63, 3.8) is 0 Å². The summed E-state index contributed by atoms with van der Waals surface area (Å²) in [6.07, 6.45) is 9.16. The number of H-pyrrole nitrogens is 1. The Morgan fingerprint density at radius 1 is 0.786 bits per heavy atom. The Balaban J connectivity index is 0.684. The van der Waals surface area contributed by atoms with Crippen molar-refractivity contribution in [1.82, 2.24) is 35.2 Å². The van der Waals surface area contributed by atoms with E-state index in [-0.39, 0.29) is 28.5 Å². The molecule has 4 fully saturated rings. The molecule has 2 N–H and O–H groups in total. The van der Waals surface area contributed by atoms with Crippen LogP contribution < -0.4 is 15.1 Å². The van der Waals surface area contributed by atoms with E-state index in [0.29, 0.717) is 18.5 Å². The molecule has 0 saturated carbocycles. The summed E-state index contributed by atoms with van der Waals surface area (Å²) in [6.45, 7) is 12.4. The number of fused-ring (bicyclic) bond motifs is 2. The Kier molecular flexibility index (Phi) is 10.4. The molecule has 4 saturated heterocycles. The van der Waals surface area contributed by atoms with Crippen molar-refractivity contribution in [2.45, 2.75) is 64.1 Å². The van der Waals surface area contributed by atoms with Crippen LogP contribution in [-0.4, -0.2) is 118 Å². The molecule has 1 atom stereocenters. The van der Waals surface area contributed by atoms with E-state index in [9.17, 15) is 19.7 Å². The van der Waals surface area contributed by atoms with Gasteiger partial charge in [0.2, 0.25) is 11.8 Å². The minimum absolute atomic E-state index is 0.0560. The van der Waals surface area contributed by atoms with E-state index in [2.05, 4.69) is 69.3 Å². The van der Waals surface area contributed by atoms with Crippen molar-refractivity contribution >= 4 is 39.9 Å². The lowest BCUT2D eigenvalue weighted by Crippen LogP contribution is -2.50. The summed E-state index contributed by atoms with van der Waals surface area (Å²) in [5.41, 5.74) is 6.36. The highest BCUT2D eigenvalue weighted by Gasteiger charge is 2.35. The second-order valence-electron chi connectivity index (χ2n) is 16.6. The van der Waals surface area contributed by atoms with Gasteiger partial charge >= 0.3 is 0 Å². The molecule has 294 valence electrons. The first-order valence-electron chi connectivity index (χ1n) is 20.6. The molecule has 7 heterocycles. The number of carbonyl (C=O) groups is 2. The predicted molar refractivity (Wildman–Crippen MR) is 215 cm³/mol. The average molecular weight is 761 g/mol. The zero-order chi connectivity index (χ0) is 38.2. The quantitative estimate of drug-likeness (QED) is 0.131. The summed E-state index contributed by atoms with van der Waals surface area (Å²) in [7, 11) is 0. The Bertz CT molecular complexity index is 2080. The molecule has 0 aliphatic carbocycles. The Hall–Kier alpha value is -4.92. The third kappa shape index (κ3) is 7.87. The van der Waals surface area contributed by atoms with E-state index >= 15 is 0 Å². The van der Waals surface area contributed by atoms with Crippen molar-refractivity contribution in [3.8, 4) is 11.3 Å². The SMILES string of the molecule is O=C1CCC(N2Cc3ccc(N4CCC(CN5CCC(CCN6CCN(c7cc(-c8n[nH]c9ccc([N+](=O)[O-])cc89)ccn7)CC6)CC5)CC4)cc3C2)C(=O)N1. The number of anilines is 2. The van der Waals surface area contributed by atoms with E-state index in [1.807, 2.05) is 6.07 Å². The van der Waals surface area contributed by atoms with Gasteiger partial charge in [-0.25, -0.2) is 4.98 Å². The summed E-state index contributed by atoms with van der Waals surface area (Å²) in [5.74, 6) is 2.18. The lowest BCUT2D eigenvalue weighted by atomic mass is 9.91. The fourth-order valence-corrected chi connectivity index (χ4v) is 9.69. The van der Waals surface area contributed by atoms with Gasteiger partial charge in [0.15, 0.2) is 0 Å². The molecule has 0 radical (unpaired) electrons. The number of nitro benzene ring substituents is 1. The normalized spacial score (nSPS) is 22.2. The topological polar surface area (TPSA) is 147 Å². The van der Waals surface area contributed by atoms with Crippen molar-refractivity contribution in [1.29, 1.82) is 0 Å². The Labute approximate surface area is 327 Å². The van der Waals surface area contributed by atoms with Gasteiger partial charge in [0.05, 0.1) is 16.5 Å². The fourth-order valence-electron chi connectivity index (χ4n) is 9.69. The second kappa shape index (κ2) is 15.9. The highest BCUT2D eigenvalue weighted by atomic mass is 16.6. The van der Waals surface area contributed by atoms with Crippen LogP contribution in [0.5, 0.6) is 0 Å². The number of imide groups is 1. The first-order chi connectivity index (χ1) is 27.3. The van der Waals surface area contributed by atoms with E-state index < -0.39 is 0 Å². The van der Waals surface area contributed by atoms with Crippen LogP contribution in [-0.2, 0) is 22.7 Å². The molecule has 2 aromatic carbocycles. The molecule has 0 spiro atoms. The van der Waals surface area contributed by atoms with Gasteiger partial charge in [-0.1, -0.05) is 6.07 Å². The summed E-state index contributed by atoms with van der Waals surface area (Å²) < 4.78 is 0. The number of rotatable bonds is 10. The molecule has 9 rings (SSSR count). The maximum Gasteiger partial charge on any atom is 0.270 e. The van der Waals surface area contributed by atoms with E-state index in [4.69, 9.17) is 0 Å². The maximum atomic E-state index is 12.5. The monoisotopic (exact) mass is 760 g/mol. The number of pyridine rings is 1. The minimum atomic E-state index is -0.372. The number of amides is 2. The number of non-ortho nitro benzene ring substituents is 1. The van der Waals surface area contributed by atoms with Crippen LogP contribution in [0, 0.1) is 22.0 Å². The van der Waals surface area contributed by atoms with Crippen LogP contribution >= 0.6 is 0 Å². The summed E-state index contributed by atoms with van der Waals surface area (Å²) in [4.78, 5) is 52.2. The second-order valence-corrected chi connectivity index (χ2v) is 16.6. The number of nitro groups is 1. The first-order valence-corrected chi connectivity index (χ1v) is 20.6. The Morgan fingerprint density at radius 2 is 1.57 bits per heavy atom. The molecular weight excluding hydrogens is 709 g/mol. The van der Waals surface area contributed by atoms with Gasteiger partial charge in [0.1, 0.15) is 11.5 Å². The zero-order valence-electron chi connectivity index (χ0n) is 32.1. The molecule has 2 aromatic heterocycles.